The maximum atomic E-state index is 4.36. The van der Waals surface area contributed by atoms with Crippen LogP contribution in [-0.2, 0) is 0 Å². The quantitative estimate of drug-likeness (QED) is 0.372. The van der Waals surface area contributed by atoms with Crippen LogP contribution in [0.4, 0.5) is 0 Å². The van der Waals surface area contributed by atoms with Crippen LogP contribution in [0.15, 0.2) is 33.7 Å². The summed E-state index contributed by atoms with van der Waals surface area (Å²) in [6.45, 7) is 6.37. The van der Waals surface area contributed by atoms with Gasteiger partial charge in [0.25, 0.3) is 0 Å². The average molecular weight is 510 g/mol. The number of nitrogens with one attached hydrogen (secondary N) is 2. The van der Waals surface area contributed by atoms with Gasteiger partial charge in [-0.3, -0.25) is 9.89 Å². The molecule has 136 valence electrons. The number of rotatable bonds is 4. The van der Waals surface area contributed by atoms with Crippen LogP contribution in [0.5, 0.6) is 0 Å². The molecule has 1 heterocycles. The third-order valence-electron chi connectivity index (χ3n) is 4.43. The molecule has 24 heavy (non-hydrogen) atoms. The molecule has 2 unspecified atom stereocenters. The van der Waals surface area contributed by atoms with Crippen molar-refractivity contribution >= 4 is 45.9 Å². The van der Waals surface area contributed by atoms with Crippen LogP contribution in [0.25, 0.3) is 0 Å². The Hall–Kier alpha value is -0.380. The summed E-state index contributed by atoms with van der Waals surface area (Å²) in [5, 5.41) is 6.93. The van der Waals surface area contributed by atoms with Crippen LogP contribution >= 0.6 is 39.9 Å². The number of likely N-dealkylation sites (N-methyl/N-ethyl adjacent to an activating group) is 2. The van der Waals surface area contributed by atoms with E-state index in [2.05, 4.69) is 80.6 Å². The molecule has 2 atom stereocenters. The van der Waals surface area contributed by atoms with Crippen LogP contribution in [0, 0.1) is 0 Å². The van der Waals surface area contributed by atoms with Crippen molar-refractivity contribution < 1.29 is 0 Å². The Morgan fingerprint density at radius 1 is 1.33 bits per heavy atom. The Balaban J connectivity index is 0.00000288. The van der Waals surface area contributed by atoms with Gasteiger partial charge in [-0.25, -0.2) is 0 Å². The van der Waals surface area contributed by atoms with Crippen molar-refractivity contribution in [2.45, 2.75) is 19.0 Å². The third kappa shape index (κ3) is 6.16. The summed E-state index contributed by atoms with van der Waals surface area (Å²) < 4.78 is 1.11. The summed E-state index contributed by atoms with van der Waals surface area (Å²) in [6.07, 6.45) is 0. The monoisotopic (exact) mass is 509 g/mol. The van der Waals surface area contributed by atoms with Gasteiger partial charge in [-0.05, 0) is 32.6 Å². The van der Waals surface area contributed by atoms with Crippen molar-refractivity contribution in [3.05, 3.63) is 34.3 Å². The molecule has 1 aromatic carbocycles. The smallest absolute Gasteiger partial charge is 0.191 e. The predicted molar refractivity (Wildman–Crippen MR) is 116 cm³/mol. The molecule has 0 bridgehead atoms. The Labute approximate surface area is 171 Å². The van der Waals surface area contributed by atoms with E-state index < -0.39 is 0 Å². The molecule has 1 aliphatic heterocycles. The number of halogens is 2. The fraction of sp³-hybridized carbons (Fsp3) is 0.588. The summed E-state index contributed by atoms with van der Waals surface area (Å²) in [7, 11) is 6.19. The number of benzene rings is 1. The standard InChI is InChI=1S/C17H28BrN5.HI/c1-13(15-7-5-6-8-16(15)18)21-17(19-2)20-11-14-12-22(3)9-10-23(14)4;/h5-8,13-14H,9-12H2,1-4H3,(H2,19,20,21);1H. The first-order valence-electron chi connectivity index (χ1n) is 8.11. The third-order valence-corrected chi connectivity index (χ3v) is 5.16. The highest BCUT2D eigenvalue weighted by molar-refractivity contribution is 14.0. The normalized spacial score (nSPS) is 21.0. The Morgan fingerprint density at radius 2 is 2.04 bits per heavy atom. The Kier molecular flexibility index (Phi) is 9.54. The van der Waals surface area contributed by atoms with Crippen LogP contribution < -0.4 is 10.6 Å². The highest BCUT2D eigenvalue weighted by Crippen LogP contribution is 2.22. The minimum Gasteiger partial charge on any atom is -0.355 e. The molecule has 7 heteroatoms. The molecular weight excluding hydrogens is 481 g/mol. The molecule has 5 nitrogen and oxygen atoms in total. The molecule has 1 fully saturated rings. The minimum absolute atomic E-state index is 0. The first kappa shape index (κ1) is 21.7. The zero-order chi connectivity index (χ0) is 16.8. The maximum Gasteiger partial charge on any atom is 0.191 e. The van der Waals surface area contributed by atoms with E-state index in [9.17, 15) is 0 Å². The molecule has 1 saturated heterocycles. The number of hydrogen-bond acceptors (Lipinski definition) is 3. The molecule has 0 aliphatic carbocycles. The molecule has 1 aliphatic rings. The van der Waals surface area contributed by atoms with Gasteiger partial charge >= 0.3 is 0 Å². The largest absolute Gasteiger partial charge is 0.355 e. The molecule has 2 rings (SSSR count). The molecule has 0 spiro atoms. The Morgan fingerprint density at radius 3 is 2.71 bits per heavy atom. The van der Waals surface area contributed by atoms with Crippen molar-refractivity contribution in [1.29, 1.82) is 0 Å². The molecular formula is C17H29BrIN5. The van der Waals surface area contributed by atoms with Gasteiger partial charge in [-0.15, -0.1) is 24.0 Å². The summed E-state index contributed by atoms with van der Waals surface area (Å²) in [5.74, 6) is 0.842. The molecule has 0 saturated carbocycles. The number of guanidine groups is 1. The van der Waals surface area contributed by atoms with Crippen LogP contribution in [0.3, 0.4) is 0 Å². The van der Waals surface area contributed by atoms with Crippen LogP contribution in [0.2, 0.25) is 0 Å². The van der Waals surface area contributed by atoms with Gasteiger partial charge < -0.3 is 15.5 Å². The zero-order valence-corrected chi connectivity index (χ0v) is 18.8. The second-order valence-electron chi connectivity index (χ2n) is 6.24. The van der Waals surface area contributed by atoms with Gasteiger partial charge in [0.1, 0.15) is 0 Å². The van der Waals surface area contributed by atoms with E-state index in [-0.39, 0.29) is 30.0 Å². The fourth-order valence-electron chi connectivity index (χ4n) is 2.84. The van der Waals surface area contributed by atoms with Crippen molar-refractivity contribution in [1.82, 2.24) is 20.4 Å². The van der Waals surface area contributed by atoms with Crippen molar-refractivity contribution in [2.75, 3.05) is 47.3 Å². The Bertz CT molecular complexity index is 539. The van der Waals surface area contributed by atoms with E-state index in [0.717, 1.165) is 36.6 Å². The molecule has 0 radical (unpaired) electrons. The van der Waals surface area contributed by atoms with Crippen molar-refractivity contribution in [3.8, 4) is 0 Å². The summed E-state index contributed by atoms with van der Waals surface area (Å²) >= 11 is 3.61. The first-order valence-corrected chi connectivity index (χ1v) is 8.91. The van der Waals surface area contributed by atoms with E-state index in [1.807, 2.05) is 13.1 Å². The van der Waals surface area contributed by atoms with Gasteiger partial charge in [0.2, 0.25) is 0 Å². The zero-order valence-electron chi connectivity index (χ0n) is 14.9. The van der Waals surface area contributed by atoms with Crippen molar-refractivity contribution in [2.24, 2.45) is 4.99 Å². The van der Waals surface area contributed by atoms with Gasteiger partial charge in [0, 0.05) is 43.7 Å². The summed E-state index contributed by atoms with van der Waals surface area (Å²) in [5.41, 5.74) is 1.23. The van der Waals surface area contributed by atoms with E-state index in [1.54, 1.807) is 0 Å². The maximum absolute atomic E-state index is 4.36. The summed E-state index contributed by atoms with van der Waals surface area (Å²) in [4.78, 5) is 9.15. The number of hydrogen-bond donors (Lipinski definition) is 2. The summed E-state index contributed by atoms with van der Waals surface area (Å²) in [6, 6.07) is 8.97. The highest BCUT2D eigenvalue weighted by Gasteiger charge is 2.22. The number of aliphatic imine (C=N–C) groups is 1. The second kappa shape index (κ2) is 10.6. The lowest BCUT2D eigenvalue weighted by Gasteiger charge is -2.38. The lowest BCUT2D eigenvalue weighted by atomic mass is 10.1. The van der Waals surface area contributed by atoms with Gasteiger partial charge in [-0.1, -0.05) is 34.1 Å². The SMILES string of the molecule is CN=C(NCC1CN(C)CCN1C)NC(C)c1ccccc1Br.I. The van der Waals surface area contributed by atoms with Gasteiger partial charge in [0.15, 0.2) is 5.96 Å². The topological polar surface area (TPSA) is 42.9 Å². The van der Waals surface area contributed by atoms with Crippen LogP contribution in [-0.4, -0.2) is 69.1 Å². The predicted octanol–water partition coefficient (Wildman–Crippen LogP) is 2.54. The molecule has 2 N–H and O–H groups in total. The van der Waals surface area contributed by atoms with Crippen molar-refractivity contribution in [3.63, 3.8) is 0 Å². The number of piperazine rings is 1. The highest BCUT2D eigenvalue weighted by atomic mass is 127. The second-order valence-corrected chi connectivity index (χ2v) is 7.09. The lowest BCUT2D eigenvalue weighted by molar-refractivity contribution is 0.116. The average Bonchev–Trinajstić information content (AvgIpc) is 2.54. The molecule has 1 aromatic rings. The minimum atomic E-state index is 0. The fourth-order valence-corrected chi connectivity index (χ4v) is 3.47. The molecule has 0 amide bonds. The van der Waals surface area contributed by atoms with E-state index in [4.69, 9.17) is 0 Å². The lowest BCUT2D eigenvalue weighted by Crippen LogP contribution is -2.55. The van der Waals surface area contributed by atoms with Crippen LogP contribution in [0.1, 0.15) is 18.5 Å². The molecule has 0 aromatic heterocycles. The van der Waals surface area contributed by atoms with Gasteiger partial charge in [-0.2, -0.15) is 0 Å². The first-order chi connectivity index (χ1) is 11.0. The van der Waals surface area contributed by atoms with E-state index in [0.29, 0.717) is 6.04 Å². The van der Waals surface area contributed by atoms with E-state index in [1.165, 1.54) is 5.56 Å². The van der Waals surface area contributed by atoms with Gasteiger partial charge in [0.05, 0.1) is 6.04 Å². The van der Waals surface area contributed by atoms with E-state index >= 15 is 0 Å². The number of nitrogens with zero attached hydrogens (tertiary/aromatic N) is 3.